The molecular weight excluding hydrogens is 230 g/mol. The Morgan fingerprint density at radius 2 is 1.67 bits per heavy atom. The highest BCUT2D eigenvalue weighted by Gasteiger charge is 2.15. The van der Waals surface area contributed by atoms with Crippen molar-refractivity contribution in [2.24, 2.45) is 0 Å². The van der Waals surface area contributed by atoms with E-state index in [4.69, 9.17) is 19.5 Å². The number of hydrogen-bond donors (Lipinski definition) is 0. The highest BCUT2D eigenvalue weighted by Crippen LogP contribution is 2.43. The number of benzene rings is 2. The van der Waals surface area contributed by atoms with Gasteiger partial charge in [0.2, 0.25) is 5.75 Å². The van der Waals surface area contributed by atoms with Gasteiger partial charge in [-0.1, -0.05) is 0 Å². The van der Waals surface area contributed by atoms with E-state index in [-0.39, 0.29) is 0 Å². The Balaban J connectivity index is 2.83. The molecule has 0 saturated carbocycles. The highest BCUT2D eigenvalue weighted by atomic mass is 16.5. The molecule has 2 rings (SSSR count). The Bertz CT molecular complexity index is 629. The van der Waals surface area contributed by atoms with Gasteiger partial charge in [0.15, 0.2) is 11.5 Å². The van der Waals surface area contributed by atoms with Crippen molar-refractivity contribution in [1.82, 2.24) is 0 Å². The predicted octanol–water partition coefficient (Wildman–Crippen LogP) is 2.74. The third kappa shape index (κ3) is 1.80. The van der Waals surface area contributed by atoms with Crippen LogP contribution in [0.4, 0.5) is 0 Å². The molecule has 0 unspecified atom stereocenters. The fourth-order valence-electron chi connectivity index (χ4n) is 1.95. The van der Waals surface area contributed by atoms with Crippen LogP contribution in [0.3, 0.4) is 0 Å². The number of nitriles is 1. The normalized spacial score (nSPS) is 9.89. The van der Waals surface area contributed by atoms with E-state index in [0.717, 1.165) is 10.8 Å². The van der Waals surface area contributed by atoms with Gasteiger partial charge in [-0.15, -0.1) is 0 Å². The molecule has 18 heavy (non-hydrogen) atoms. The van der Waals surface area contributed by atoms with Gasteiger partial charge in [0.1, 0.15) is 0 Å². The van der Waals surface area contributed by atoms with Gasteiger partial charge in [0, 0.05) is 5.39 Å². The maximum atomic E-state index is 8.91. The van der Waals surface area contributed by atoms with Crippen LogP contribution in [-0.4, -0.2) is 21.3 Å². The molecule has 0 N–H and O–H groups in total. The van der Waals surface area contributed by atoms with E-state index in [9.17, 15) is 0 Å². The van der Waals surface area contributed by atoms with Gasteiger partial charge < -0.3 is 14.2 Å². The summed E-state index contributed by atoms with van der Waals surface area (Å²) in [6.45, 7) is 0. The monoisotopic (exact) mass is 243 g/mol. The number of fused-ring (bicyclic) bond motifs is 1. The van der Waals surface area contributed by atoms with Crippen molar-refractivity contribution >= 4 is 10.8 Å². The van der Waals surface area contributed by atoms with Crippen LogP contribution >= 0.6 is 0 Å². The first kappa shape index (κ1) is 12.1. The molecule has 0 saturated heterocycles. The molecule has 0 amide bonds. The number of ether oxygens (including phenoxy) is 3. The van der Waals surface area contributed by atoms with Crippen molar-refractivity contribution < 1.29 is 14.2 Å². The average molecular weight is 243 g/mol. The summed E-state index contributed by atoms with van der Waals surface area (Å²) in [6.07, 6.45) is 0. The lowest BCUT2D eigenvalue weighted by Crippen LogP contribution is -1.96. The van der Waals surface area contributed by atoms with Crippen LogP contribution in [0.5, 0.6) is 17.2 Å². The summed E-state index contributed by atoms with van der Waals surface area (Å²) in [6, 6.07) is 9.32. The van der Waals surface area contributed by atoms with Crippen molar-refractivity contribution in [2.75, 3.05) is 21.3 Å². The Labute approximate surface area is 105 Å². The molecule has 0 bridgehead atoms. The molecule has 0 fully saturated rings. The van der Waals surface area contributed by atoms with Crippen LogP contribution in [0.15, 0.2) is 24.3 Å². The summed E-state index contributed by atoms with van der Waals surface area (Å²) >= 11 is 0. The van der Waals surface area contributed by atoms with Gasteiger partial charge >= 0.3 is 0 Å². The van der Waals surface area contributed by atoms with Crippen LogP contribution in [0, 0.1) is 11.3 Å². The third-order valence-electron chi connectivity index (χ3n) is 2.77. The molecule has 2 aromatic carbocycles. The highest BCUT2D eigenvalue weighted by molar-refractivity contribution is 5.93. The molecule has 92 valence electrons. The van der Waals surface area contributed by atoms with Crippen LogP contribution in [0.1, 0.15) is 5.56 Å². The van der Waals surface area contributed by atoms with E-state index >= 15 is 0 Å². The Hall–Kier alpha value is -2.41. The quantitative estimate of drug-likeness (QED) is 0.831. The van der Waals surface area contributed by atoms with Gasteiger partial charge in [-0.3, -0.25) is 0 Å². The number of methoxy groups -OCH3 is 3. The largest absolute Gasteiger partial charge is 0.493 e. The first-order valence-corrected chi connectivity index (χ1v) is 5.38. The van der Waals surface area contributed by atoms with E-state index in [0.29, 0.717) is 22.8 Å². The minimum atomic E-state index is 0.553. The zero-order chi connectivity index (χ0) is 13.1. The molecule has 0 atom stereocenters. The topological polar surface area (TPSA) is 51.5 Å². The zero-order valence-corrected chi connectivity index (χ0v) is 10.5. The predicted molar refractivity (Wildman–Crippen MR) is 68.3 cm³/mol. The standard InChI is InChI=1S/C14H13NO3/c1-16-12-7-10-6-9(8-15)4-5-11(10)13(17-2)14(12)18-3/h4-7H,1-3H3. The van der Waals surface area contributed by atoms with Crippen LogP contribution in [-0.2, 0) is 0 Å². The summed E-state index contributed by atoms with van der Waals surface area (Å²) in [5.74, 6) is 1.74. The van der Waals surface area contributed by atoms with E-state index in [1.165, 1.54) is 0 Å². The summed E-state index contributed by atoms with van der Waals surface area (Å²) in [4.78, 5) is 0. The van der Waals surface area contributed by atoms with Gasteiger partial charge in [-0.2, -0.15) is 5.26 Å². The maximum absolute atomic E-state index is 8.91. The van der Waals surface area contributed by atoms with Crippen LogP contribution < -0.4 is 14.2 Å². The molecule has 0 aliphatic heterocycles. The summed E-state index contributed by atoms with van der Waals surface area (Å²) in [7, 11) is 4.71. The fourth-order valence-corrected chi connectivity index (χ4v) is 1.95. The van der Waals surface area contributed by atoms with E-state index in [1.807, 2.05) is 12.1 Å². The van der Waals surface area contributed by atoms with Gasteiger partial charge in [-0.25, -0.2) is 0 Å². The fraction of sp³-hybridized carbons (Fsp3) is 0.214. The van der Waals surface area contributed by atoms with Gasteiger partial charge in [0.25, 0.3) is 0 Å². The van der Waals surface area contributed by atoms with E-state index < -0.39 is 0 Å². The van der Waals surface area contributed by atoms with Crippen molar-refractivity contribution in [1.29, 1.82) is 5.26 Å². The summed E-state index contributed by atoms with van der Waals surface area (Å²) in [5, 5.41) is 10.7. The van der Waals surface area contributed by atoms with Gasteiger partial charge in [0.05, 0.1) is 33.0 Å². The SMILES string of the molecule is COc1cc2cc(C#N)ccc2c(OC)c1OC. The lowest BCUT2D eigenvalue weighted by molar-refractivity contribution is 0.327. The second-order valence-corrected chi connectivity index (χ2v) is 3.69. The molecule has 4 heteroatoms. The van der Waals surface area contributed by atoms with Crippen molar-refractivity contribution in [3.05, 3.63) is 29.8 Å². The maximum Gasteiger partial charge on any atom is 0.203 e. The Morgan fingerprint density at radius 3 is 2.22 bits per heavy atom. The second-order valence-electron chi connectivity index (χ2n) is 3.69. The van der Waals surface area contributed by atoms with Crippen LogP contribution in [0.2, 0.25) is 0 Å². The van der Waals surface area contributed by atoms with Crippen LogP contribution in [0.25, 0.3) is 10.8 Å². The van der Waals surface area contributed by atoms with Crippen molar-refractivity contribution in [3.63, 3.8) is 0 Å². The molecule has 4 nitrogen and oxygen atoms in total. The summed E-state index contributed by atoms with van der Waals surface area (Å²) in [5.41, 5.74) is 0.594. The number of hydrogen-bond acceptors (Lipinski definition) is 4. The molecule has 2 aromatic rings. The molecule has 0 aliphatic carbocycles. The van der Waals surface area contributed by atoms with Gasteiger partial charge in [-0.05, 0) is 29.7 Å². The van der Waals surface area contributed by atoms with Crippen molar-refractivity contribution in [3.8, 4) is 23.3 Å². The number of nitrogens with zero attached hydrogens (tertiary/aromatic N) is 1. The van der Waals surface area contributed by atoms with E-state index in [2.05, 4.69) is 6.07 Å². The molecule has 0 spiro atoms. The number of rotatable bonds is 3. The second kappa shape index (κ2) is 4.84. The lowest BCUT2D eigenvalue weighted by Gasteiger charge is -2.14. The summed E-state index contributed by atoms with van der Waals surface area (Å²) < 4.78 is 16.0. The molecular formula is C14H13NO3. The molecule has 0 aromatic heterocycles. The first-order valence-electron chi connectivity index (χ1n) is 5.38. The minimum absolute atomic E-state index is 0.553. The lowest BCUT2D eigenvalue weighted by atomic mass is 10.1. The molecule has 0 heterocycles. The Morgan fingerprint density at radius 1 is 0.944 bits per heavy atom. The minimum Gasteiger partial charge on any atom is -0.493 e. The Kier molecular flexibility index (Phi) is 3.24. The van der Waals surface area contributed by atoms with Crippen molar-refractivity contribution in [2.45, 2.75) is 0 Å². The first-order chi connectivity index (χ1) is 8.74. The smallest absolute Gasteiger partial charge is 0.203 e. The molecule has 0 radical (unpaired) electrons. The van der Waals surface area contributed by atoms with E-state index in [1.54, 1.807) is 33.5 Å². The average Bonchev–Trinajstić information content (AvgIpc) is 2.44. The zero-order valence-electron chi connectivity index (χ0n) is 10.5. The molecule has 0 aliphatic rings. The third-order valence-corrected chi connectivity index (χ3v) is 2.77.